The maximum absolute atomic E-state index is 10.8. The highest BCUT2D eigenvalue weighted by Crippen LogP contribution is 2.23. The summed E-state index contributed by atoms with van der Waals surface area (Å²) in [5, 5.41) is 15.2. The van der Waals surface area contributed by atoms with Crippen LogP contribution < -0.4 is 5.32 Å². The molecule has 21 heavy (non-hydrogen) atoms. The molecule has 0 bridgehead atoms. The van der Waals surface area contributed by atoms with Crippen LogP contribution in [0.15, 0.2) is 36.4 Å². The van der Waals surface area contributed by atoms with Crippen molar-refractivity contribution in [2.24, 2.45) is 0 Å². The van der Waals surface area contributed by atoms with E-state index in [1.54, 1.807) is 18.2 Å². The fourth-order valence-electron chi connectivity index (χ4n) is 2.04. The first-order valence-electron chi connectivity index (χ1n) is 6.39. The summed E-state index contributed by atoms with van der Waals surface area (Å²) in [4.78, 5) is 10.4. The summed E-state index contributed by atoms with van der Waals surface area (Å²) >= 11 is 11.9. The second kappa shape index (κ2) is 6.78. The van der Waals surface area contributed by atoms with E-state index in [0.29, 0.717) is 23.0 Å². The Morgan fingerprint density at radius 1 is 1.19 bits per heavy atom. The van der Waals surface area contributed by atoms with E-state index in [0.717, 1.165) is 16.8 Å². The average molecular weight is 325 g/mol. The predicted octanol–water partition coefficient (Wildman–Crippen LogP) is 4.86. The molecule has 6 heteroatoms. The number of non-ortho nitro benzene ring substituents is 1. The van der Waals surface area contributed by atoms with Crippen LogP contribution in [0.25, 0.3) is 0 Å². The zero-order valence-corrected chi connectivity index (χ0v) is 12.9. The van der Waals surface area contributed by atoms with E-state index in [2.05, 4.69) is 5.32 Å². The molecule has 0 amide bonds. The van der Waals surface area contributed by atoms with E-state index >= 15 is 0 Å². The Hall–Kier alpha value is -1.78. The zero-order valence-electron chi connectivity index (χ0n) is 11.4. The van der Waals surface area contributed by atoms with Gasteiger partial charge in [0, 0.05) is 34.4 Å². The van der Waals surface area contributed by atoms with E-state index in [9.17, 15) is 10.1 Å². The highest BCUT2D eigenvalue weighted by molar-refractivity contribution is 6.35. The summed E-state index contributed by atoms with van der Waals surface area (Å²) in [6.07, 6.45) is 0.706. The Labute approximate surface area is 132 Å². The van der Waals surface area contributed by atoms with Gasteiger partial charge in [-0.25, -0.2) is 0 Å². The lowest BCUT2D eigenvalue weighted by atomic mass is 10.1. The molecule has 2 aromatic rings. The van der Waals surface area contributed by atoms with Crippen LogP contribution >= 0.6 is 23.2 Å². The molecule has 0 atom stereocenters. The first-order chi connectivity index (χ1) is 9.95. The smallest absolute Gasteiger partial charge is 0.271 e. The van der Waals surface area contributed by atoms with Gasteiger partial charge in [0.1, 0.15) is 0 Å². The van der Waals surface area contributed by atoms with Gasteiger partial charge in [-0.1, -0.05) is 29.3 Å². The number of hydrogen-bond donors (Lipinski definition) is 1. The van der Waals surface area contributed by atoms with Crippen molar-refractivity contribution < 1.29 is 4.92 Å². The Bertz CT molecular complexity index is 675. The number of nitro benzene ring substituents is 1. The molecule has 0 aromatic heterocycles. The third-order valence-electron chi connectivity index (χ3n) is 3.01. The lowest BCUT2D eigenvalue weighted by Gasteiger charge is -2.09. The fourth-order valence-corrected chi connectivity index (χ4v) is 2.54. The second-order valence-corrected chi connectivity index (χ2v) is 5.57. The van der Waals surface area contributed by atoms with Gasteiger partial charge in [-0.15, -0.1) is 0 Å². The topological polar surface area (TPSA) is 55.2 Å². The molecule has 0 saturated heterocycles. The lowest BCUT2D eigenvalue weighted by Crippen LogP contribution is -2.06. The first-order valence-corrected chi connectivity index (χ1v) is 7.15. The minimum Gasteiger partial charge on any atom is -0.385 e. The highest BCUT2D eigenvalue weighted by atomic mass is 35.5. The molecule has 0 radical (unpaired) electrons. The van der Waals surface area contributed by atoms with Crippen molar-refractivity contribution in [3.8, 4) is 0 Å². The van der Waals surface area contributed by atoms with Gasteiger partial charge in [-0.2, -0.15) is 0 Å². The number of benzene rings is 2. The van der Waals surface area contributed by atoms with Gasteiger partial charge in [-0.3, -0.25) is 10.1 Å². The predicted molar refractivity (Wildman–Crippen MR) is 86.5 cm³/mol. The molecule has 0 saturated carbocycles. The Morgan fingerprint density at radius 2 is 1.95 bits per heavy atom. The van der Waals surface area contributed by atoms with Gasteiger partial charge in [0.25, 0.3) is 5.69 Å². The fraction of sp³-hybridized carbons (Fsp3) is 0.200. The molecular weight excluding hydrogens is 311 g/mol. The van der Waals surface area contributed by atoms with Crippen LogP contribution in [-0.2, 0) is 6.42 Å². The maximum Gasteiger partial charge on any atom is 0.271 e. The normalized spacial score (nSPS) is 10.4. The van der Waals surface area contributed by atoms with E-state index in [4.69, 9.17) is 23.2 Å². The van der Waals surface area contributed by atoms with E-state index in [1.807, 2.05) is 19.1 Å². The molecule has 2 rings (SSSR count). The van der Waals surface area contributed by atoms with Crippen molar-refractivity contribution >= 4 is 34.6 Å². The van der Waals surface area contributed by atoms with Gasteiger partial charge in [-0.05, 0) is 42.7 Å². The summed E-state index contributed by atoms with van der Waals surface area (Å²) in [5.74, 6) is 0. The van der Waals surface area contributed by atoms with Gasteiger partial charge < -0.3 is 5.32 Å². The quantitative estimate of drug-likeness (QED) is 0.630. The van der Waals surface area contributed by atoms with E-state index in [1.165, 1.54) is 6.07 Å². The van der Waals surface area contributed by atoms with Gasteiger partial charge >= 0.3 is 0 Å². The molecule has 4 nitrogen and oxygen atoms in total. The minimum absolute atomic E-state index is 0.0852. The third kappa shape index (κ3) is 4.34. The summed E-state index contributed by atoms with van der Waals surface area (Å²) in [5.41, 5.74) is 2.64. The van der Waals surface area contributed by atoms with Crippen LogP contribution in [0.4, 0.5) is 11.4 Å². The largest absolute Gasteiger partial charge is 0.385 e. The number of nitrogens with one attached hydrogen (secondary N) is 1. The van der Waals surface area contributed by atoms with Crippen molar-refractivity contribution in [1.29, 1.82) is 0 Å². The van der Waals surface area contributed by atoms with Crippen LogP contribution in [0, 0.1) is 17.0 Å². The number of anilines is 1. The number of halogens is 2. The second-order valence-electron chi connectivity index (χ2n) is 4.73. The molecule has 0 fully saturated rings. The lowest BCUT2D eigenvalue weighted by molar-refractivity contribution is -0.384. The Kier molecular flexibility index (Phi) is 5.04. The van der Waals surface area contributed by atoms with Crippen molar-refractivity contribution in [2.75, 3.05) is 11.9 Å². The number of nitro groups is 1. The van der Waals surface area contributed by atoms with Gasteiger partial charge in [0.15, 0.2) is 0 Å². The molecule has 0 aliphatic heterocycles. The highest BCUT2D eigenvalue weighted by Gasteiger charge is 2.08. The number of nitrogens with zero attached hydrogens (tertiary/aromatic N) is 1. The zero-order chi connectivity index (χ0) is 15.4. The van der Waals surface area contributed by atoms with Crippen LogP contribution in [-0.4, -0.2) is 11.5 Å². The Morgan fingerprint density at radius 3 is 2.62 bits per heavy atom. The molecular formula is C15H14Cl2N2O2. The SMILES string of the molecule is Cc1cc(NCCc2ccc(Cl)cc2Cl)cc([N+](=O)[O-])c1. The average Bonchev–Trinajstić information content (AvgIpc) is 2.40. The molecule has 2 aromatic carbocycles. The summed E-state index contributed by atoms with van der Waals surface area (Å²) in [6, 6.07) is 10.3. The maximum atomic E-state index is 10.8. The molecule has 0 spiro atoms. The molecule has 0 heterocycles. The molecule has 0 unspecified atom stereocenters. The van der Waals surface area contributed by atoms with Gasteiger partial charge in [0.05, 0.1) is 4.92 Å². The van der Waals surface area contributed by atoms with E-state index < -0.39 is 4.92 Å². The third-order valence-corrected chi connectivity index (χ3v) is 3.60. The Balaban J connectivity index is 2.01. The van der Waals surface area contributed by atoms with Crippen molar-refractivity contribution in [1.82, 2.24) is 0 Å². The van der Waals surface area contributed by atoms with Crippen LogP contribution in [0.1, 0.15) is 11.1 Å². The number of aryl methyl sites for hydroxylation is 1. The minimum atomic E-state index is -0.395. The summed E-state index contributed by atoms with van der Waals surface area (Å²) < 4.78 is 0. The first kappa shape index (κ1) is 15.6. The molecule has 110 valence electrons. The summed E-state index contributed by atoms with van der Waals surface area (Å²) in [6.45, 7) is 2.45. The number of rotatable bonds is 5. The summed E-state index contributed by atoms with van der Waals surface area (Å²) in [7, 11) is 0. The standard InChI is InChI=1S/C15H14Cl2N2O2/c1-10-6-13(9-14(7-10)19(20)21)18-5-4-11-2-3-12(16)8-15(11)17/h2-3,6-9,18H,4-5H2,1H3. The number of hydrogen-bond acceptors (Lipinski definition) is 3. The van der Waals surface area contributed by atoms with Crippen molar-refractivity contribution in [2.45, 2.75) is 13.3 Å². The van der Waals surface area contributed by atoms with Crippen LogP contribution in [0.3, 0.4) is 0 Å². The molecule has 1 N–H and O–H groups in total. The van der Waals surface area contributed by atoms with Crippen molar-refractivity contribution in [3.63, 3.8) is 0 Å². The monoisotopic (exact) mass is 324 g/mol. The molecule has 0 aliphatic carbocycles. The molecule has 0 aliphatic rings. The van der Waals surface area contributed by atoms with Crippen LogP contribution in [0.5, 0.6) is 0 Å². The van der Waals surface area contributed by atoms with Gasteiger partial charge in [0.2, 0.25) is 0 Å². The van der Waals surface area contributed by atoms with Crippen molar-refractivity contribution in [3.05, 3.63) is 67.7 Å². The van der Waals surface area contributed by atoms with Crippen LogP contribution in [0.2, 0.25) is 10.0 Å². The van der Waals surface area contributed by atoms with E-state index in [-0.39, 0.29) is 5.69 Å².